The van der Waals surface area contributed by atoms with Crippen molar-refractivity contribution < 1.29 is 39.5 Å². The Balaban J connectivity index is 0.00000441. The first kappa shape index (κ1) is 32.3. The van der Waals surface area contributed by atoms with Gasteiger partial charge in [-0.25, -0.2) is 4.98 Å². The molecule has 3 aromatic carbocycles. The van der Waals surface area contributed by atoms with Gasteiger partial charge in [-0.2, -0.15) is 0 Å². The molecule has 1 heterocycles. The van der Waals surface area contributed by atoms with E-state index in [1.165, 1.54) is 4.57 Å². The molecule has 1 unspecified atom stereocenters. The molecule has 200 valence electrons. The van der Waals surface area contributed by atoms with Crippen LogP contribution in [0.2, 0.25) is 10.0 Å². The molecule has 0 saturated heterocycles. The second-order valence-corrected chi connectivity index (χ2v) is 10.8. The molecule has 0 saturated carbocycles. The molecule has 1 atom stereocenters. The third-order valence-corrected chi connectivity index (χ3v) is 7.67. The van der Waals surface area contributed by atoms with Crippen LogP contribution < -0.4 is 45.8 Å². The summed E-state index contributed by atoms with van der Waals surface area (Å²) in [4.78, 5) is 43.5. The monoisotopic (exact) mass is 648 g/mol. The van der Waals surface area contributed by atoms with Crippen molar-refractivity contribution in [1.82, 2.24) is 9.55 Å². The van der Waals surface area contributed by atoms with Crippen molar-refractivity contribution in [2.75, 3.05) is 0 Å². The quantitative estimate of drug-likeness (QED) is 0.205. The molecule has 4 aromatic rings. The van der Waals surface area contributed by atoms with Crippen LogP contribution in [0.25, 0.3) is 22.5 Å². The molecule has 0 aliphatic carbocycles. The molecule has 0 amide bonds. The summed E-state index contributed by atoms with van der Waals surface area (Å²) in [5, 5.41) is 12.1. The van der Waals surface area contributed by atoms with Gasteiger partial charge in [0.15, 0.2) is 0 Å². The molecular formula is C30H24BrCl2N2NaO4. The number of carboxylic acid groups (broad SMARTS) is 1. The van der Waals surface area contributed by atoms with E-state index in [1.807, 2.05) is 43.3 Å². The third kappa shape index (κ3) is 7.52. The van der Waals surface area contributed by atoms with Crippen LogP contribution in [0.1, 0.15) is 43.2 Å². The second kappa shape index (κ2) is 14.6. The summed E-state index contributed by atoms with van der Waals surface area (Å²) in [6.07, 6.45) is 0.540. The van der Waals surface area contributed by atoms with Crippen LogP contribution in [0.4, 0.5) is 0 Å². The maximum absolute atomic E-state index is 14.2. The van der Waals surface area contributed by atoms with Crippen molar-refractivity contribution in [1.29, 1.82) is 0 Å². The van der Waals surface area contributed by atoms with E-state index in [2.05, 4.69) is 20.9 Å². The zero-order valence-corrected chi connectivity index (χ0v) is 27.1. The summed E-state index contributed by atoms with van der Waals surface area (Å²) in [7, 11) is 0. The van der Waals surface area contributed by atoms with Crippen LogP contribution in [0.5, 0.6) is 0 Å². The van der Waals surface area contributed by atoms with Gasteiger partial charge < -0.3 is 14.5 Å². The normalized spacial score (nSPS) is 11.5. The average molecular weight is 650 g/mol. The van der Waals surface area contributed by atoms with Gasteiger partial charge in [0.25, 0.3) is 11.1 Å². The minimum absolute atomic E-state index is 0. The topological polar surface area (TPSA) is 92.1 Å². The number of aromatic nitrogens is 2. The van der Waals surface area contributed by atoms with Gasteiger partial charge in [-0.3, -0.25) is 9.59 Å². The number of carbonyl (C=O) groups is 1. The van der Waals surface area contributed by atoms with E-state index in [4.69, 9.17) is 23.2 Å². The van der Waals surface area contributed by atoms with Crippen molar-refractivity contribution in [3.8, 4) is 22.5 Å². The SMILES string of the molecule is CC(c1ccc(Cl)cc1)c1c(-c2ccccc2Br)n(CCCCC(=O)[O-])c(=O)c(-c2ccc(Cl)cc2)nc1=O.[Na+]. The van der Waals surface area contributed by atoms with Crippen molar-refractivity contribution in [3.63, 3.8) is 0 Å². The van der Waals surface area contributed by atoms with Gasteiger partial charge in [0.2, 0.25) is 0 Å². The molecule has 40 heavy (non-hydrogen) atoms. The van der Waals surface area contributed by atoms with Gasteiger partial charge in [0.1, 0.15) is 5.69 Å². The molecule has 0 aliphatic heterocycles. The number of hydrogen-bond acceptors (Lipinski definition) is 5. The molecule has 1 aromatic heterocycles. The summed E-state index contributed by atoms with van der Waals surface area (Å²) in [6, 6.07) is 21.1. The molecule has 0 bridgehead atoms. The molecule has 10 heteroatoms. The Kier molecular flexibility index (Phi) is 11.8. The number of aliphatic carboxylic acids is 1. The minimum atomic E-state index is -1.16. The van der Waals surface area contributed by atoms with E-state index in [0.717, 1.165) is 5.56 Å². The Morgan fingerprint density at radius 3 is 2.15 bits per heavy atom. The number of unbranched alkanes of at least 4 members (excludes halogenated alkanes) is 1. The maximum atomic E-state index is 14.2. The number of rotatable bonds is 9. The molecule has 6 nitrogen and oxygen atoms in total. The smallest absolute Gasteiger partial charge is 0.550 e. The molecule has 0 N–H and O–H groups in total. The van der Waals surface area contributed by atoms with Crippen LogP contribution in [0.3, 0.4) is 0 Å². The number of benzene rings is 3. The van der Waals surface area contributed by atoms with Crippen LogP contribution >= 0.6 is 39.1 Å². The Labute approximate surface area is 272 Å². The number of carboxylic acids is 1. The maximum Gasteiger partial charge on any atom is 1.00 e. The fourth-order valence-electron chi connectivity index (χ4n) is 4.49. The predicted molar refractivity (Wildman–Crippen MR) is 156 cm³/mol. The number of hydrogen-bond donors (Lipinski definition) is 0. The zero-order valence-electron chi connectivity index (χ0n) is 22.0. The first-order chi connectivity index (χ1) is 18.7. The van der Waals surface area contributed by atoms with Gasteiger partial charge in [-0.15, -0.1) is 0 Å². The molecule has 0 aliphatic rings. The Morgan fingerprint density at radius 1 is 0.950 bits per heavy atom. The van der Waals surface area contributed by atoms with E-state index in [-0.39, 0.29) is 48.2 Å². The fraction of sp³-hybridized carbons (Fsp3) is 0.200. The first-order valence-electron chi connectivity index (χ1n) is 12.3. The van der Waals surface area contributed by atoms with Gasteiger partial charge in [-0.1, -0.05) is 88.5 Å². The minimum Gasteiger partial charge on any atom is -0.550 e. The summed E-state index contributed by atoms with van der Waals surface area (Å²) in [5.41, 5.74) is 1.64. The zero-order chi connectivity index (χ0) is 28.1. The van der Waals surface area contributed by atoms with Gasteiger partial charge in [-0.05, 0) is 55.2 Å². The van der Waals surface area contributed by atoms with E-state index in [1.54, 1.807) is 36.4 Å². The molecule has 4 rings (SSSR count). The molecular weight excluding hydrogens is 626 g/mol. The van der Waals surface area contributed by atoms with Crippen LogP contribution in [0, 0.1) is 0 Å². The third-order valence-electron chi connectivity index (χ3n) is 6.48. The van der Waals surface area contributed by atoms with Crippen molar-refractivity contribution in [3.05, 3.63) is 119 Å². The van der Waals surface area contributed by atoms with Crippen LogP contribution in [-0.4, -0.2) is 15.5 Å². The molecule has 0 radical (unpaired) electrons. The van der Waals surface area contributed by atoms with Crippen LogP contribution in [0.15, 0.2) is 86.9 Å². The average Bonchev–Trinajstić information content (AvgIpc) is 3.01. The number of nitrogens with zero attached hydrogens (tertiary/aromatic N) is 2. The largest absolute Gasteiger partial charge is 1.00 e. The van der Waals surface area contributed by atoms with Crippen molar-refractivity contribution in [2.45, 2.75) is 38.6 Å². The summed E-state index contributed by atoms with van der Waals surface area (Å²) in [5.74, 6) is -1.61. The van der Waals surface area contributed by atoms with E-state index >= 15 is 0 Å². The van der Waals surface area contributed by atoms with Crippen molar-refractivity contribution in [2.24, 2.45) is 0 Å². The van der Waals surface area contributed by atoms with Crippen LogP contribution in [-0.2, 0) is 11.3 Å². The van der Waals surface area contributed by atoms with E-state index < -0.39 is 23.0 Å². The van der Waals surface area contributed by atoms with Gasteiger partial charge in [0, 0.05) is 44.1 Å². The predicted octanol–water partition coefficient (Wildman–Crippen LogP) is 3.08. The first-order valence-corrected chi connectivity index (χ1v) is 13.9. The van der Waals surface area contributed by atoms with E-state index in [9.17, 15) is 19.5 Å². The second-order valence-electron chi connectivity index (χ2n) is 9.07. The fourth-order valence-corrected chi connectivity index (χ4v) is 5.21. The Hall–Kier alpha value is -2.26. The summed E-state index contributed by atoms with van der Waals surface area (Å²) in [6.45, 7) is 2.05. The summed E-state index contributed by atoms with van der Waals surface area (Å²) < 4.78 is 2.23. The van der Waals surface area contributed by atoms with E-state index in [0.29, 0.717) is 49.7 Å². The number of carbonyl (C=O) groups excluding carboxylic acids is 1. The standard InChI is InChI=1S/C30H25BrCl2N2O4.Na/c1-18(19-9-13-21(32)14-10-19)26-28(23-6-2-3-7-24(23)31)35(17-5-4-8-25(36)37)30(39)27(34-29(26)38)20-11-15-22(33)16-12-20;/h2-3,6-7,9-16,18H,4-5,8,17H2,1H3,(H,36,37);/q;+1/p-1. The molecule has 0 fully saturated rings. The van der Waals surface area contributed by atoms with Gasteiger partial charge >= 0.3 is 29.6 Å². The van der Waals surface area contributed by atoms with Crippen molar-refractivity contribution >= 4 is 45.1 Å². The Bertz CT molecular complexity index is 1630. The molecule has 0 spiro atoms. The van der Waals surface area contributed by atoms with Gasteiger partial charge in [0.05, 0.1) is 11.3 Å². The Morgan fingerprint density at radius 2 is 1.55 bits per heavy atom. The number of halogens is 3. The summed E-state index contributed by atoms with van der Waals surface area (Å²) >= 11 is 15.8.